The van der Waals surface area contributed by atoms with Crippen LogP contribution in [-0.4, -0.2) is 42.0 Å². The lowest BCUT2D eigenvalue weighted by Gasteiger charge is -2.25. The molecule has 4 heterocycles. The van der Waals surface area contributed by atoms with Crippen LogP contribution in [0.2, 0.25) is 0 Å². The number of fused-ring (bicyclic) bond motifs is 2. The summed E-state index contributed by atoms with van der Waals surface area (Å²) in [5, 5.41) is 13.5. The van der Waals surface area contributed by atoms with E-state index in [2.05, 4.69) is 24.8 Å². The zero-order valence-electron chi connectivity index (χ0n) is 15.2. The predicted octanol–water partition coefficient (Wildman–Crippen LogP) is 1.32. The quantitative estimate of drug-likeness (QED) is 0.828. The number of aromatic nitrogens is 5. The molecule has 1 saturated heterocycles. The van der Waals surface area contributed by atoms with E-state index in [9.17, 15) is 4.79 Å². The van der Waals surface area contributed by atoms with Gasteiger partial charge in [-0.05, 0) is 57.1 Å². The molecule has 138 valence electrons. The molecule has 7 heteroatoms. The summed E-state index contributed by atoms with van der Waals surface area (Å²) in [7, 11) is 0. The summed E-state index contributed by atoms with van der Waals surface area (Å²) >= 11 is 0. The Kier molecular flexibility index (Phi) is 4.11. The molecular formula is C19H26N6O. The van der Waals surface area contributed by atoms with Gasteiger partial charge in [0.25, 0.3) is 5.56 Å². The van der Waals surface area contributed by atoms with Crippen molar-refractivity contribution in [2.45, 2.75) is 77.0 Å². The number of likely N-dealkylation sites (tertiary alicyclic amines) is 1. The van der Waals surface area contributed by atoms with E-state index in [1.54, 1.807) is 4.68 Å². The zero-order chi connectivity index (χ0) is 17.5. The molecule has 0 bridgehead atoms. The molecular weight excluding hydrogens is 328 g/mol. The molecule has 7 nitrogen and oxygen atoms in total. The Labute approximate surface area is 153 Å². The Hall–Kier alpha value is -2.02. The van der Waals surface area contributed by atoms with Crippen LogP contribution in [0.5, 0.6) is 0 Å². The van der Waals surface area contributed by atoms with Gasteiger partial charge in [-0.2, -0.15) is 5.10 Å². The van der Waals surface area contributed by atoms with Gasteiger partial charge >= 0.3 is 0 Å². The number of nitrogens with zero attached hydrogens (tertiary/aromatic N) is 6. The second-order valence-electron chi connectivity index (χ2n) is 7.90. The van der Waals surface area contributed by atoms with Crippen LogP contribution < -0.4 is 5.56 Å². The van der Waals surface area contributed by atoms with Gasteiger partial charge in [0.15, 0.2) is 0 Å². The molecule has 3 aliphatic rings. The maximum atomic E-state index is 12.4. The number of hydrogen-bond acceptors (Lipinski definition) is 5. The zero-order valence-corrected chi connectivity index (χ0v) is 15.2. The van der Waals surface area contributed by atoms with Crippen molar-refractivity contribution in [2.24, 2.45) is 0 Å². The van der Waals surface area contributed by atoms with Crippen molar-refractivity contribution in [1.29, 1.82) is 0 Å². The fourth-order valence-corrected chi connectivity index (χ4v) is 4.75. The first-order valence-corrected chi connectivity index (χ1v) is 10.0. The maximum Gasteiger partial charge on any atom is 0.267 e. The highest BCUT2D eigenvalue weighted by atomic mass is 16.1. The van der Waals surface area contributed by atoms with Gasteiger partial charge in [-0.25, -0.2) is 4.68 Å². The van der Waals surface area contributed by atoms with Crippen LogP contribution >= 0.6 is 0 Å². The summed E-state index contributed by atoms with van der Waals surface area (Å²) in [6.07, 6.45) is 8.91. The van der Waals surface area contributed by atoms with E-state index in [-0.39, 0.29) is 5.56 Å². The topological polar surface area (TPSA) is 68.8 Å². The van der Waals surface area contributed by atoms with Gasteiger partial charge in [-0.1, -0.05) is 0 Å². The van der Waals surface area contributed by atoms with E-state index >= 15 is 0 Å². The average molecular weight is 354 g/mol. The Bertz CT molecular complexity index is 869. The Morgan fingerprint density at radius 2 is 2.00 bits per heavy atom. The number of aryl methyl sites for hydroxylation is 3. The Morgan fingerprint density at radius 3 is 2.96 bits per heavy atom. The van der Waals surface area contributed by atoms with Crippen LogP contribution in [0.15, 0.2) is 10.9 Å². The third-order valence-corrected chi connectivity index (χ3v) is 6.19. The van der Waals surface area contributed by atoms with E-state index in [0.717, 1.165) is 74.6 Å². The molecule has 0 amide bonds. The molecule has 26 heavy (non-hydrogen) atoms. The predicted molar refractivity (Wildman–Crippen MR) is 96.9 cm³/mol. The molecule has 0 aromatic carbocycles. The van der Waals surface area contributed by atoms with Gasteiger partial charge in [0.1, 0.15) is 11.6 Å². The van der Waals surface area contributed by atoms with Gasteiger partial charge in [0.05, 0.1) is 18.8 Å². The summed E-state index contributed by atoms with van der Waals surface area (Å²) in [5.74, 6) is 2.22. The number of rotatable bonds is 4. The molecule has 0 radical (unpaired) electrons. The van der Waals surface area contributed by atoms with Crippen LogP contribution in [0.3, 0.4) is 0 Å². The van der Waals surface area contributed by atoms with Crippen LogP contribution in [0.1, 0.15) is 55.0 Å². The van der Waals surface area contributed by atoms with Crippen molar-refractivity contribution in [3.8, 4) is 0 Å². The van der Waals surface area contributed by atoms with Gasteiger partial charge in [-0.15, -0.1) is 10.2 Å². The fraction of sp³-hybridized carbons (Fsp3) is 0.684. The largest absolute Gasteiger partial charge is 0.314 e. The average Bonchev–Trinajstić information content (AvgIpc) is 3.37. The molecule has 1 fully saturated rings. The van der Waals surface area contributed by atoms with E-state index in [1.807, 2.05) is 6.07 Å². The normalized spacial score (nSPS) is 22.5. The summed E-state index contributed by atoms with van der Waals surface area (Å²) in [5.41, 5.74) is 2.34. The van der Waals surface area contributed by atoms with Gasteiger partial charge in [0.2, 0.25) is 0 Å². The Morgan fingerprint density at radius 1 is 1.04 bits per heavy atom. The minimum absolute atomic E-state index is 0.0531. The minimum Gasteiger partial charge on any atom is -0.314 e. The second kappa shape index (κ2) is 6.61. The van der Waals surface area contributed by atoms with Crippen molar-refractivity contribution >= 4 is 0 Å². The molecule has 2 aliphatic heterocycles. The third kappa shape index (κ3) is 2.88. The van der Waals surface area contributed by atoms with Crippen molar-refractivity contribution in [2.75, 3.05) is 6.54 Å². The Balaban J connectivity index is 1.33. The SMILES string of the molecule is O=c1cc2c(nn1CC1CCCN1Cc1nnc3n1CCCC3)CCC2. The first-order chi connectivity index (χ1) is 12.8. The molecule has 0 spiro atoms. The minimum atomic E-state index is 0.0531. The first-order valence-electron chi connectivity index (χ1n) is 10.0. The monoisotopic (exact) mass is 354 g/mol. The summed E-state index contributed by atoms with van der Waals surface area (Å²) in [6.45, 7) is 3.62. The lowest BCUT2D eigenvalue weighted by molar-refractivity contribution is 0.208. The third-order valence-electron chi connectivity index (χ3n) is 6.19. The summed E-state index contributed by atoms with van der Waals surface area (Å²) in [6, 6.07) is 2.17. The standard InChI is InChI=1S/C19H26N6O/c26-19-11-14-5-3-7-16(14)22-25(19)12-15-6-4-9-23(15)13-18-21-20-17-8-1-2-10-24(17)18/h11,15H,1-10,12-13H2. The smallest absolute Gasteiger partial charge is 0.267 e. The highest BCUT2D eigenvalue weighted by Crippen LogP contribution is 2.23. The molecule has 1 atom stereocenters. The van der Waals surface area contributed by atoms with E-state index in [0.29, 0.717) is 12.6 Å². The van der Waals surface area contributed by atoms with Gasteiger partial charge in [-0.3, -0.25) is 9.69 Å². The van der Waals surface area contributed by atoms with Crippen LogP contribution in [0.25, 0.3) is 0 Å². The van der Waals surface area contributed by atoms with Gasteiger partial charge < -0.3 is 4.57 Å². The maximum absolute atomic E-state index is 12.4. The lowest BCUT2D eigenvalue weighted by atomic mass is 10.1. The molecule has 2 aromatic rings. The van der Waals surface area contributed by atoms with E-state index < -0.39 is 0 Å². The lowest BCUT2D eigenvalue weighted by Crippen LogP contribution is -2.37. The summed E-state index contributed by atoms with van der Waals surface area (Å²) in [4.78, 5) is 14.9. The summed E-state index contributed by atoms with van der Waals surface area (Å²) < 4.78 is 4.01. The first kappa shape index (κ1) is 16.2. The highest BCUT2D eigenvalue weighted by molar-refractivity contribution is 5.22. The van der Waals surface area contributed by atoms with Crippen molar-refractivity contribution in [3.05, 3.63) is 39.3 Å². The molecule has 1 unspecified atom stereocenters. The molecule has 1 aliphatic carbocycles. The fourth-order valence-electron chi connectivity index (χ4n) is 4.75. The molecule has 0 saturated carbocycles. The van der Waals surface area contributed by atoms with Crippen molar-refractivity contribution < 1.29 is 0 Å². The van der Waals surface area contributed by atoms with Crippen LogP contribution in [0.4, 0.5) is 0 Å². The molecule has 2 aromatic heterocycles. The number of hydrogen-bond donors (Lipinski definition) is 0. The van der Waals surface area contributed by atoms with Crippen LogP contribution in [0, 0.1) is 0 Å². The molecule has 5 rings (SSSR count). The highest BCUT2D eigenvalue weighted by Gasteiger charge is 2.28. The van der Waals surface area contributed by atoms with E-state index in [1.165, 1.54) is 19.3 Å². The second-order valence-corrected chi connectivity index (χ2v) is 7.90. The van der Waals surface area contributed by atoms with Gasteiger partial charge in [0, 0.05) is 25.1 Å². The van der Waals surface area contributed by atoms with Crippen molar-refractivity contribution in [3.63, 3.8) is 0 Å². The molecule has 0 N–H and O–H groups in total. The van der Waals surface area contributed by atoms with Crippen LogP contribution in [-0.2, 0) is 38.9 Å². The van der Waals surface area contributed by atoms with E-state index in [4.69, 9.17) is 0 Å². The van der Waals surface area contributed by atoms with Crippen molar-refractivity contribution in [1.82, 2.24) is 29.4 Å².